The number of nitrogens with one attached hydrogen (secondary N) is 2. The number of hydrogen-bond donors (Lipinski definition) is 3. The Morgan fingerprint density at radius 1 is 1.19 bits per heavy atom. The lowest BCUT2D eigenvalue weighted by atomic mass is 10.3. The van der Waals surface area contributed by atoms with Crippen molar-refractivity contribution in [2.24, 2.45) is 0 Å². The van der Waals surface area contributed by atoms with Crippen molar-refractivity contribution >= 4 is 23.5 Å². The fourth-order valence-electron chi connectivity index (χ4n) is 2.18. The third-order valence-corrected chi connectivity index (χ3v) is 3.40. The summed E-state index contributed by atoms with van der Waals surface area (Å²) in [5.74, 6) is -1.83. The van der Waals surface area contributed by atoms with E-state index in [1.807, 2.05) is 20.8 Å². The summed E-state index contributed by atoms with van der Waals surface area (Å²) in [6.07, 6.45) is 3.01. The van der Waals surface area contributed by atoms with Gasteiger partial charge in [0.2, 0.25) is 0 Å². The van der Waals surface area contributed by atoms with E-state index in [-0.39, 0.29) is 42.0 Å². The summed E-state index contributed by atoms with van der Waals surface area (Å²) in [5.41, 5.74) is 0.532. The minimum atomic E-state index is -0.945. The first-order valence-corrected chi connectivity index (χ1v) is 8.25. The molecule has 2 rings (SSSR count). The highest BCUT2D eigenvalue weighted by molar-refractivity contribution is 6.07. The van der Waals surface area contributed by atoms with Crippen molar-refractivity contribution in [2.45, 2.75) is 46.3 Å². The molecule has 0 saturated carbocycles. The number of aliphatic carboxylic acids is 1. The molecular formula is C16H22N6O4. The van der Waals surface area contributed by atoms with Gasteiger partial charge in [-0.15, -0.1) is 0 Å². The molecule has 2 heterocycles. The molecule has 2 aromatic rings. The van der Waals surface area contributed by atoms with Crippen molar-refractivity contribution < 1.29 is 19.5 Å². The fraction of sp³-hybridized carbons (Fsp3) is 0.438. The molecule has 0 aliphatic carbocycles. The van der Waals surface area contributed by atoms with Gasteiger partial charge in [0.15, 0.2) is 11.4 Å². The molecule has 0 aromatic carbocycles. The quantitative estimate of drug-likeness (QED) is 0.641. The summed E-state index contributed by atoms with van der Waals surface area (Å²) in [6.45, 7) is 6.24. The number of rotatable bonds is 8. The highest BCUT2D eigenvalue weighted by Gasteiger charge is 2.20. The van der Waals surface area contributed by atoms with Gasteiger partial charge in [-0.25, -0.2) is 0 Å². The molecular weight excluding hydrogens is 340 g/mol. The summed E-state index contributed by atoms with van der Waals surface area (Å²) in [6, 6.07) is 1.41. The fourth-order valence-corrected chi connectivity index (χ4v) is 2.18. The number of anilines is 1. The number of aryl methyl sites for hydroxylation is 2. The normalized spacial score (nSPS) is 10.8. The van der Waals surface area contributed by atoms with Crippen molar-refractivity contribution in [3.05, 3.63) is 29.8 Å². The number of nitrogens with zero attached hydrogens (tertiary/aromatic N) is 4. The van der Waals surface area contributed by atoms with Gasteiger partial charge in [0, 0.05) is 25.0 Å². The first-order valence-electron chi connectivity index (χ1n) is 8.25. The van der Waals surface area contributed by atoms with Gasteiger partial charge in [0.1, 0.15) is 0 Å². The lowest BCUT2D eigenvalue weighted by Crippen LogP contribution is -2.31. The Kier molecular flexibility index (Phi) is 6.10. The molecule has 0 fully saturated rings. The number of carbonyl (C=O) groups is 3. The maximum absolute atomic E-state index is 12.4. The Labute approximate surface area is 150 Å². The van der Waals surface area contributed by atoms with Crippen LogP contribution < -0.4 is 10.6 Å². The number of hydrogen-bond acceptors (Lipinski definition) is 5. The van der Waals surface area contributed by atoms with Gasteiger partial charge in [-0.05, 0) is 26.8 Å². The van der Waals surface area contributed by atoms with Crippen molar-refractivity contribution in [1.29, 1.82) is 0 Å². The largest absolute Gasteiger partial charge is 0.481 e. The van der Waals surface area contributed by atoms with Gasteiger partial charge in [0.25, 0.3) is 11.8 Å². The Balaban J connectivity index is 2.14. The zero-order valence-electron chi connectivity index (χ0n) is 14.9. The van der Waals surface area contributed by atoms with E-state index in [0.717, 1.165) is 0 Å². The maximum Gasteiger partial charge on any atom is 0.305 e. The van der Waals surface area contributed by atoms with Crippen molar-refractivity contribution in [3.8, 4) is 0 Å². The van der Waals surface area contributed by atoms with E-state index in [1.165, 1.54) is 16.9 Å². The summed E-state index contributed by atoms with van der Waals surface area (Å²) in [5, 5.41) is 22.3. The van der Waals surface area contributed by atoms with Crippen LogP contribution in [0.1, 0.15) is 48.2 Å². The second-order valence-corrected chi connectivity index (χ2v) is 5.94. The minimum Gasteiger partial charge on any atom is -0.481 e. The van der Waals surface area contributed by atoms with Crippen LogP contribution in [0.15, 0.2) is 18.5 Å². The van der Waals surface area contributed by atoms with Crippen molar-refractivity contribution in [1.82, 2.24) is 24.9 Å². The molecule has 0 aliphatic heterocycles. The lowest BCUT2D eigenvalue weighted by Gasteiger charge is -2.08. The van der Waals surface area contributed by atoms with Gasteiger partial charge >= 0.3 is 5.97 Å². The molecule has 0 bridgehead atoms. The zero-order valence-corrected chi connectivity index (χ0v) is 14.9. The average molecular weight is 362 g/mol. The van der Waals surface area contributed by atoms with Crippen LogP contribution in [-0.4, -0.2) is 48.5 Å². The lowest BCUT2D eigenvalue weighted by molar-refractivity contribution is -0.137. The SMILES string of the molecule is CCn1cc(NC(=O)c2ccn(CCC(=O)O)n2)c(C(=O)NC(C)C)n1. The van der Waals surface area contributed by atoms with Crippen molar-refractivity contribution in [3.63, 3.8) is 0 Å². The van der Waals surface area contributed by atoms with Gasteiger partial charge in [-0.2, -0.15) is 10.2 Å². The van der Waals surface area contributed by atoms with E-state index in [1.54, 1.807) is 10.9 Å². The Morgan fingerprint density at radius 2 is 1.92 bits per heavy atom. The van der Waals surface area contributed by atoms with Gasteiger partial charge < -0.3 is 15.7 Å². The van der Waals surface area contributed by atoms with E-state index in [2.05, 4.69) is 20.8 Å². The van der Waals surface area contributed by atoms with Crippen LogP contribution in [-0.2, 0) is 17.9 Å². The monoisotopic (exact) mass is 362 g/mol. The molecule has 0 aliphatic rings. The average Bonchev–Trinajstić information content (AvgIpc) is 3.19. The predicted molar refractivity (Wildman–Crippen MR) is 92.9 cm³/mol. The number of aromatic nitrogens is 4. The van der Waals surface area contributed by atoms with Gasteiger partial charge in [-0.1, -0.05) is 0 Å². The summed E-state index contributed by atoms with van der Waals surface area (Å²) >= 11 is 0. The third-order valence-electron chi connectivity index (χ3n) is 3.40. The van der Waals surface area contributed by atoms with Crippen LogP contribution in [0.2, 0.25) is 0 Å². The van der Waals surface area contributed by atoms with Gasteiger partial charge in [0.05, 0.1) is 18.7 Å². The topological polar surface area (TPSA) is 131 Å². The van der Waals surface area contributed by atoms with Crippen LogP contribution in [0.25, 0.3) is 0 Å². The second-order valence-electron chi connectivity index (χ2n) is 5.94. The Bertz CT molecular complexity index is 808. The standard InChI is InChI=1S/C16H22N6O4/c1-4-21-9-12(14(20-21)16(26)17-10(2)3)18-15(25)11-5-7-22(19-11)8-6-13(23)24/h5,7,9-10H,4,6,8H2,1-3H3,(H,17,26)(H,18,25)(H,23,24). The molecule has 0 radical (unpaired) electrons. The van der Waals surface area contributed by atoms with Crippen LogP contribution in [0, 0.1) is 0 Å². The number of amides is 2. The predicted octanol–water partition coefficient (Wildman–Crippen LogP) is 0.965. The summed E-state index contributed by atoms with van der Waals surface area (Å²) in [7, 11) is 0. The number of carboxylic acids is 1. The maximum atomic E-state index is 12.4. The Hall–Kier alpha value is -3.17. The highest BCUT2D eigenvalue weighted by atomic mass is 16.4. The molecule has 10 heteroatoms. The summed E-state index contributed by atoms with van der Waals surface area (Å²) in [4.78, 5) is 35.2. The van der Waals surface area contributed by atoms with E-state index < -0.39 is 11.9 Å². The zero-order chi connectivity index (χ0) is 19.3. The van der Waals surface area contributed by atoms with Crippen LogP contribution in [0.3, 0.4) is 0 Å². The molecule has 0 saturated heterocycles. The number of carboxylic acid groups (broad SMARTS) is 1. The molecule has 0 atom stereocenters. The van der Waals surface area contributed by atoms with E-state index >= 15 is 0 Å². The molecule has 2 aromatic heterocycles. The van der Waals surface area contributed by atoms with E-state index in [9.17, 15) is 14.4 Å². The van der Waals surface area contributed by atoms with Crippen molar-refractivity contribution in [2.75, 3.05) is 5.32 Å². The number of carbonyl (C=O) groups excluding carboxylic acids is 2. The summed E-state index contributed by atoms with van der Waals surface area (Å²) < 4.78 is 2.93. The highest BCUT2D eigenvalue weighted by Crippen LogP contribution is 2.15. The molecule has 3 N–H and O–H groups in total. The molecule has 10 nitrogen and oxygen atoms in total. The molecule has 0 unspecified atom stereocenters. The Morgan fingerprint density at radius 3 is 2.54 bits per heavy atom. The van der Waals surface area contributed by atoms with Crippen LogP contribution in [0.4, 0.5) is 5.69 Å². The van der Waals surface area contributed by atoms with Crippen LogP contribution >= 0.6 is 0 Å². The van der Waals surface area contributed by atoms with E-state index in [0.29, 0.717) is 6.54 Å². The third kappa shape index (κ3) is 4.91. The molecule has 26 heavy (non-hydrogen) atoms. The molecule has 0 spiro atoms. The second kappa shape index (κ2) is 8.28. The molecule has 140 valence electrons. The van der Waals surface area contributed by atoms with E-state index in [4.69, 9.17) is 5.11 Å². The van der Waals surface area contributed by atoms with Gasteiger partial charge in [-0.3, -0.25) is 23.7 Å². The molecule has 2 amide bonds. The first kappa shape index (κ1) is 19.2. The first-order chi connectivity index (χ1) is 12.3. The smallest absolute Gasteiger partial charge is 0.305 e. The van der Waals surface area contributed by atoms with Crippen LogP contribution in [0.5, 0.6) is 0 Å². The minimum absolute atomic E-state index is 0.0669.